The zero-order chi connectivity index (χ0) is 13.8. The molecule has 0 saturated carbocycles. The lowest BCUT2D eigenvalue weighted by atomic mass is 10.0. The van der Waals surface area contributed by atoms with Gasteiger partial charge in [0, 0.05) is 6.20 Å². The highest BCUT2D eigenvalue weighted by atomic mass is 19.4. The number of alkyl halides is 3. The summed E-state index contributed by atoms with van der Waals surface area (Å²) in [7, 11) is 0. The normalized spacial score (nSPS) is 12.6. The second-order valence-electron chi connectivity index (χ2n) is 3.28. The van der Waals surface area contributed by atoms with Gasteiger partial charge in [0.15, 0.2) is 5.92 Å². The molecular weight excluding hydrogens is 249 g/mol. The summed E-state index contributed by atoms with van der Waals surface area (Å²) in [5, 5.41) is 8.80. The summed E-state index contributed by atoms with van der Waals surface area (Å²) in [5.74, 6) is -2.36. The molecule has 0 saturated heterocycles. The Labute approximate surface area is 101 Å². The number of pyridine rings is 1. The summed E-state index contributed by atoms with van der Waals surface area (Å²) >= 11 is 0. The van der Waals surface area contributed by atoms with E-state index in [1.54, 1.807) is 6.07 Å². The number of aromatic nitrogens is 1. The van der Waals surface area contributed by atoms with E-state index in [-0.39, 0.29) is 12.3 Å². The van der Waals surface area contributed by atoms with Gasteiger partial charge in [-0.25, -0.2) is 0 Å². The van der Waals surface area contributed by atoms with Crippen LogP contribution in [0.15, 0.2) is 18.3 Å². The Morgan fingerprint density at radius 1 is 1.61 bits per heavy atom. The third-order valence-corrected chi connectivity index (χ3v) is 2.06. The molecule has 0 amide bonds. The average molecular weight is 258 g/mol. The van der Waals surface area contributed by atoms with Gasteiger partial charge in [0.05, 0.1) is 23.9 Å². The van der Waals surface area contributed by atoms with Crippen LogP contribution < -0.4 is 0 Å². The van der Waals surface area contributed by atoms with Crippen molar-refractivity contribution in [3.63, 3.8) is 0 Å². The summed E-state index contributed by atoms with van der Waals surface area (Å²) < 4.78 is 42.0. The molecular formula is C11H9F3N2O2. The van der Waals surface area contributed by atoms with Gasteiger partial charge in [-0.1, -0.05) is 0 Å². The molecule has 0 radical (unpaired) electrons. The van der Waals surface area contributed by atoms with Crippen molar-refractivity contribution in [3.05, 3.63) is 29.6 Å². The van der Waals surface area contributed by atoms with E-state index in [9.17, 15) is 18.0 Å². The van der Waals surface area contributed by atoms with Crippen molar-refractivity contribution in [1.29, 1.82) is 5.26 Å². The van der Waals surface area contributed by atoms with E-state index in [2.05, 4.69) is 9.72 Å². The number of nitriles is 1. The zero-order valence-electron chi connectivity index (χ0n) is 9.36. The fourth-order valence-corrected chi connectivity index (χ4v) is 1.25. The first-order chi connectivity index (χ1) is 8.40. The minimum absolute atomic E-state index is 0.0377. The number of carbonyl (C=O) groups is 1. The van der Waals surface area contributed by atoms with E-state index in [1.807, 2.05) is 0 Å². The molecule has 0 aliphatic heterocycles. The molecule has 0 aromatic carbocycles. The molecule has 18 heavy (non-hydrogen) atoms. The smallest absolute Gasteiger partial charge is 0.416 e. The Balaban J connectivity index is 3.09. The highest BCUT2D eigenvalue weighted by molar-refractivity contribution is 5.80. The van der Waals surface area contributed by atoms with Gasteiger partial charge in [-0.3, -0.25) is 9.78 Å². The monoisotopic (exact) mass is 258 g/mol. The van der Waals surface area contributed by atoms with E-state index in [1.165, 1.54) is 6.92 Å². The van der Waals surface area contributed by atoms with E-state index >= 15 is 0 Å². The number of nitrogens with zero attached hydrogens (tertiary/aromatic N) is 2. The predicted molar refractivity (Wildman–Crippen MR) is 54.2 cm³/mol. The van der Waals surface area contributed by atoms with Crippen molar-refractivity contribution in [2.75, 3.05) is 6.61 Å². The van der Waals surface area contributed by atoms with Crippen LogP contribution in [-0.4, -0.2) is 17.6 Å². The van der Waals surface area contributed by atoms with E-state index in [0.717, 1.165) is 12.3 Å². The summed E-state index contributed by atoms with van der Waals surface area (Å²) in [6, 6.07) is 3.02. The van der Waals surface area contributed by atoms with Crippen LogP contribution >= 0.6 is 0 Å². The van der Waals surface area contributed by atoms with Crippen LogP contribution in [0.2, 0.25) is 0 Å². The predicted octanol–water partition coefficient (Wildman–Crippen LogP) is 2.27. The standard InChI is InChI=1S/C11H9F3N2O2/c1-2-18-10(17)8(6-15)9-5-7(3-4-16-9)11(12,13)14/h3-5,8H,2H2,1H3. The number of rotatable bonds is 3. The molecule has 0 bridgehead atoms. The molecule has 1 atom stereocenters. The number of hydrogen-bond acceptors (Lipinski definition) is 4. The molecule has 7 heteroatoms. The summed E-state index contributed by atoms with van der Waals surface area (Å²) in [4.78, 5) is 15.0. The number of esters is 1. The first-order valence-corrected chi connectivity index (χ1v) is 4.99. The third-order valence-electron chi connectivity index (χ3n) is 2.06. The van der Waals surface area contributed by atoms with Gasteiger partial charge in [0.2, 0.25) is 0 Å². The number of ether oxygens (including phenoxy) is 1. The quantitative estimate of drug-likeness (QED) is 0.780. The van der Waals surface area contributed by atoms with Gasteiger partial charge < -0.3 is 4.74 Å². The second kappa shape index (κ2) is 5.49. The largest absolute Gasteiger partial charge is 0.465 e. The highest BCUT2D eigenvalue weighted by Crippen LogP contribution is 2.30. The van der Waals surface area contributed by atoms with Gasteiger partial charge in [-0.2, -0.15) is 18.4 Å². The Bertz CT molecular complexity index is 480. The third kappa shape index (κ3) is 3.20. The SMILES string of the molecule is CCOC(=O)C(C#N)c1cc(C(F)(F)F)ccn1. The van der Waals surface area contributed by atoms with Crippen LogP contribution in [0, 0.1) is 11.3 Å². The molecule has 4 nitrogen and oxygen atoms in total. The molecule has 0 aliphatic rings. The van der Waals surface area contributed by atoms with Crippen LogP contribution in [0.5, 0.6) is 0 Å². The maximum absolute atomic E-state index is 12.5. The van der Waals surface area contributed by atoms with Gasteiger partial charge in [0.25, 0.3) is 0 Å². The van der Waals surface area contributed by atoms with Crippen molar-refractivity contribution in [2.45, 2.75) is 19.0 Å². The van der Waals surface area contributed by atoms with Crippen molar-refractivity contribution in [1.82, 2.24) is 4.98 Å². The Hall–Kier alpha value is -2.10. The minimum atomic E-state index is -4.55. The summed E-state index contributed by atoms with van der Waals surface area (Å²) in [6.45, 7) is 1.57. The maximum atomic E-state index is 12.5. The Morgan fingerprint density at radius 2 is 2.28 bits per heavy atom. The molecule has 1 unspecified atom stereocenters. The highest BCUT2D eigenvalue weighted by Gasteiger charge is 2.32. The summed E-state index contributed by atoms with van der Waals surface area (Å²) in [5.41, 5.74) is -1.23. The van der Waals surface area contributed by atoms with Crippen LogP contribution in [0.3, 0.4) is 0 Å². The van der Waals surface area contributed by atoms with Crippen molar-refractivity contribution in [2.24, 2.45) is 0 Å². The molecule has 1 rings (SSSR count). The summed E-state index contributed by atoms with van der Waals surface area (Å²) in [6.07, 6.45) is -3.64. The van der Waals surface area contributed by atoms with Crippen molar-refractivity contribution in [3.8, 4) is 6.07 Å². The Morgan fingerprint density at radius 3 is 2.78 bits per heavy atom. The fourth-order valence-electron chi connectivity index (χ4n) is 1.25. The number of halogens is 3. The Kier molecular flexibility index (Phi) is 4.26. The lowest BCUT2D eigenvalue weighted by Gasteiger charge is -2.10. The van der Waals surface area contributed by atoms with Crippen molar-refractivity contribution >= 4 is 5.97 Å². The van der Waals surface area contributed by atoms with E-state index < -0.39 is 23.6 Å². The van der Waals surface area contributed by atoms with E-state index in [0.29, 0.717) is 6.07 Å². The zero-order valence-corrected chi connectivity index (χ0v) is 9.36. The fraction of sp³-hybridized carbons (Fsp3) is 0.364. The lowest BCUT2D eigenvalue weighted by Crippen LogP contribution is -2.16. The average Bonchev–Trinajstić information content (AvgIpc) is 2.29. The van der Waals surface area contributed by atoms with Gasteiger partial charge in [-0.15, -0.1) is 0 Å². The molecule has 0 aliphatic carbocycles. The van der Waals surface area contributed by atoms with Crippen LogP contribution in [0.4, 0.5) is 13.2 Å². The van der Waals surface area contributed by atoms with Crippen molar-refractivity contribution < 1.29 is 22.7 Å². The molecule has 1 aromatic rings. The minimum Gasteiger partial charge on any atom is -0.465 e. The van der Waals surface area contributed by atoms with Crippen LogP contribution in [0.1, 0.15) is 24.1 Å². The van der Waals surface area contributed by atoms with Crippen LogP contribution in [-0.2, 0) is 15.7 Å². The molecule has 1 aromatic heterocycles. The van der Waals surface area contributed by atoms with E-state index in [4.69, 9.17) is 5.26 Å². The molecule has 0 fully saturated rings. The second-order valence-corrected chi connectivity index (χ2v) is 3.28. The topological polar surface area (TPSA) is 63.0 Å². The van der Waals surface area contributed by atoms with Gasteiger partial charge in [0.1, 0.15) is 0 Å². The van der Waals surface area contributed by atoms with Crippen LogP contribution in [0.25, 0.3) is 0 Å². The maximum Gasteiger partial charge on any atom is 0.416 e. The number of hydrogen-bond donors (Lipinski definition) is 0. The first-order valence-electron chi connectivity index (χ1n) is 4.99. The lowest BCUT2D eigenvalue weighted by molar-refractivity contribution is -0.144. The molecule has 96 valence electrons. The molecule has 0 N–H and O–H groups in total. The van der Waals surface area contributed by atoms with Gasteiger partial charge >= 0.3 is 12.1 Å². The number of carbonyl (C=O) groups excluding carboxylic acids is 1. The molecule has 1 heterocycles. The van der Waals surface area contributed by atoms with Gasteiger partial charge in [-0.05, 0) is 19.1 Å². The first kappa shape index (κ1) is 14.0. The molecule has 0 spiro atoms.